The summed E-state index contributed by atoms with van der Waals surface area (Å²) in [7, 11) is 0. The van der Waals surface area contributed by atoms with Gasteiger partial charge in [-0.3, -0.25) is 4.79 Å². The Hall–Kier alpha value is -1.84. The van der Waals surface area contributed by atoms with E-state index >= 15 is 0 Å². The van der Waals surface area contributed by atoms with Crippen LogP contribution in [-0.2, 0) is 11.3 Å². The Morgan fingerprint density at radius 3 is 2.61 bits per heavy atom. The van der Waals surface area contributed by atoms with Gasteiger partial charge in [-0.1, -0.05) is 31.4 Å². The number of imidazole rings is 1. The number of hydrogen-bond donors (Lipinski definition) is 1. The highest BCUT2D eigenvalue weighted by Crippen LogP contribution is 2.33. The Bertz CT molecular complexity index is 690. The highest BCUT2D eigenvalue weighted by Gasteiger charge is 2.24. The molecule has 124 valence electrons. The number of amides is 1. The average molecular weight is 313 g/mol. The molecule has 0 radical (unpaired) electrons. The molecule has 1 aliphatic rings. The van der Waals surface area contributed by atoms with Gasteiger partial charge in [-0.15, -0.1) is 0 Å². The maximum Gasteiger partial charge on any atom is 0.240 e. The fourth-order valence-electron chi connectivity index (χ4n) is 3.53. The van der Waals surface area contributed by atoms with Crippen molar-refractivity contribution in [3.8, 4) is 0 Å². The van der Waals surface area contributed by atoms with E-state index in [4.69, 9.17) is 4.98 Å². The van der Waals surface area contributed by atoms with Gasteiger partial charge in [-0.25, -0.2) is 4.98 Å². The van der Waals surface area contributed by atoms with Crippen molar-refractivity contribution in [1.82, 2.24) is 14.9 Å². The third-order valence-corrected chi connectivity index (χ3v) is 4.47. The van der Waals surface area contributed by atoms with Crippen molar-refractivity contribution in [3.63, 3.8) is 0 Å². The lowest BCUT2D eigenvalue weighted by Crippen LogP contribution is -2.42. The quantitative estimate of drug-likeness (QED) is 0.931. The summed E-state index contributed by atoms with van der Waals surface area (Å²) in [5.41, 5.74) is 1.85. The highest BCUT2D eigenvalue weighted by atomic mass is 16.2. The van der Waals surface area contributed by atoms with E-state index in [9.17, 15) is 4.79 Å². The first kappa shape index (κ1) is 16.0. The number of carbonyl (C=O) groups excluding carboxylic acids is 1. The maximum atomic E-state index is 12.4. The van der Waals surface area contributed by atoms with Gasteiger partial charge in [0.2, 0.25) is 5.91 Å². The number of para-hydroxylation sites is 2. The number of nitrogens with one attached hydrogen (secondary N) is 1. The minimum Gasteiger partial charge on any atom is -0.350 e. The van der Waals surface area contributed by atoms with Crippen LogP contribution in [0.15, 0.2) is 24.3 Å². The van der Waals surface area contributed by atoms with E-state index in [0.29, 0.717) is 12.5 Å². The van der Waals surface area contributed by atoms with Crippen molar-refractivity contribution in [2.75, 3.05) is 0 Å². The van der Waals surface area contributed by atoms with Crippen LogP contribution in [0.25, 0.3) is 11.0 Å². The van der Waals surface area contributed by atoms with Gasteiger partial charge < -0.3 is 9.88 Å². The van der Waals surface area contributed by atoms with E-state index in [1.807, 2.05) is 39.0 Å². The molecular formula is C19H27N3O. The number of hydrogen-bond acceptors (Lipinski definition) is 2. The maximum absolute atomic E-state index is 12.4. The van der Waals surface area contributed by atoms with E-state index in [1.54, 1.807) is 0 Å². The second-order valence-corrected chi connectivity index (χ2v) is 7.68. The molecule has 0 bridgehead atoms. The molecule has 0 saturated heterocycles. The molecule has 0 unspecified atom stereocenters. The predicted molar refractivity (Wildman–Crippen MR) is 93.5 cm³/mol. The lowest BCUT2D eigenvalue weighted by atomic mass is 9.88. The standard InChI is InChI=1S/C19H27N3O/c1-19(2,3)21-17(23)13-22-16-12-8-7-11-15(16)20-18(22)14-9-5-4-6-10-14/h7-8,11-12,14H,4-6,9-10,13H2,1-3H3,(H,21,23). The van der Waals surface area contributed by atoms with Crippen LogP contribution in [0.4, 0.5) is 0 Å². The van der Waals surface area contributed by atoms with E-state index in [2.05, 4.69) is 16.0 Å². The topological polar surface area (TPSA) is 46.9 Å². The third-order valence-electron chi connectivity index (χ3n) is 4.47. The minimum absolute atomic E-state index is 0.0534. The molecular weight excluding hydrogens is 286 g/mol. The van der Waals surface area contributed by atoms with Gasteiger partial charge in [0.05, 0.1) is 11.0 Å². The second-order valence-electron chi connectivity index (χ2n) is 7.68. The molecule has 4 heteroatoms. The van der Waals surface area contributed by atoms with Crippen LogP contribution in [-0.4, -0.2) is 21.0 Å². The average Bonchev–Trinajstić information content (AvgIpc) is 2.85. The number of nitrogens with zero attached hydrogens (tertiary/aromatic N) is 2. The largest absolute Gasteiger partial charge is 0.350 e. The summed E-state index contributed by atoms with van der Waals surface area (Å²) < 4.78 is 2.13. The molecule has 4 nitrogen and oxygen atoms in total. The molecule has 1 aromatic carbocycles. The van der Waals surface area contributed by atoms with Crippen LogP contribution in [0.1, 0.15) is 64.6 Å². The first-order chi connectivity index (χ1) is 10.9. The number of aromatic nitrogens is 2. The van der Waals surface area contributed by atoms with Gasteiger partial charge in [0.1, 0.15) is 12.4 Å². The molecule has 1 heterocycles. The van der Waals surface area contributed by atoms with Crippen LogP contribution in [0.2, 0.25) is 0 Å². The molecule has 23 heavy (non-hydrogen) atoms. The molecule has 1 N–H and O–H groups in total. The van der Waals surface area contributed by atoms with E-state index in [1.165, 1.54) is 32.1 Å². The molecule has 1 saturated carbocycles. The summed E-state index contributed by atoms with van der Waals surface area (Å²) in [6, 6.07) is 8.14. The monoisotopic (exact) mass is 313 g/mol. The number of rotatable bonds is 3. The van der Waals surface area contributed by atoms with Crippen molar-refractivity contribution >= 4 is 16.9 Å². The molecule has 0 atom stereocenters. The summed E-state index contributed by atoms with van der Waals surface area (Å²) in [6.45, 7) is 6.39. The fourth-order valence-corrected chi connectivity index (χ4v) is 3.53. The summed E-state index contributed by atoms with van der Waals surface area (Å²) >= 11 is 0. The van der Waals surface area contributed by atoms with Gasteiger partial charge in [0.25, 0.3) is 0 Å². The van der Waals surface area contributed by atoms with Gasteiger partial charge in [-0.2, -0.15) is 0 Å². The van der Waals surface area contributed by atoms with Gasteiger partial charge in [0, 0.05) is 11.5 Å². The van der Waals surface area contributed by atoms with Crippen LogP contribution in [0.3, 0.4) is 0 Å². The van der Waals surface area contributed by atoms with Crippen molar-refractivity contribution in [2.24, 2.45) is 0 Å². The Kier molecular flexibility index (Phi) is 4.42. The van der Waals surface area contributed by atoms with Crippen LogP contribution < -0.4 is 5.32 Å². The minimum atomic E-state index is -0.210. The smallest absolute Gasteiger partial charge is 0.240 e. The number of carbonyl (C=O) groups is 1. The van der Waals surface area contributed by atoms with Crippen molar-refractivity contribution in [1.29, 1.82) is 0 Å². The van der Waals surface area contributed by atoms with E-state index in [0.717, 1.165) is 16.9 Å². The molecule has 1 aromatic heterocycles. The first-order valence-electron chi connectivity index (χ1n) is 8.70. The molecule has 1 amide bonds. The number of fused-ring (bicyclic) bond motifs is 1. The molecule has 0 aliphatic heterocycles. The van der Waals surface area contributed by atoms with Crippen LogP contribution in [0, 0.1) is 0 Å². The van der Waals surface area contributed by atoms with Crippen LogP contribution in [0.5, 0.6) is 0 Å². The van der Waals surface area contributed by atoms with Gasteiger partial charge in [0.15, 0.2) is 0 Å². The first-order valence-corrected chi connectivity index (χ1v) is 8.70. The lowest BCUT2D eigenvalue weighted by Gasteiger charge is -2.24. The highest BCUT2D eigenvalue weighted by molar-refractivity contribution is 5.81. The lowest BCUT2D eigenvalue weighted by molar-refractivity contribution is -0.123. The van der Waals surface area contributed by atoms with Crippen molar-refractivity contribution < 1.29 is 4.79 Å². The third kappa shape index (κ3) is 3.74. The zero-order chi connectivity index (χ0) is 16.4. The molecule has 1 aliphatic carbocycles. The van der Waals surface area contributed by atoms with Crippen molar-refractivity contribution in [3.05, 3.63) is 30.1 Å². The summed E-state index contributed by atoms with van der Waals surface area (Å²) in [6.07, 6.45) is 6.22. The molecule has 0 spiro atoms. The van der Waals surface area contributed by atoms with Crippen molar-refractivity contribution in [2.45, 2.75) is 70.9 Å². The zero-order valence-electron chi connectivity index (χ0n) is 14.4. The fraction of sp³-hybridized carbons (Fsp3) is 0.579. The van der Waals surface area contributed by atoms with Gasteiger partial charge >= 0.3 is 0 Å². The molecule has 1 fully saturated rings. The Morgan fingerprint density at radius 1 is 1.22 bits per heavy atom. The SMILES string of the molecule is CC(C)(C)NC(=O)Cn1c(C2CCCCC2)nc2ccccc21. The Morgan fingerprint density at radius 2 is 1.91 bits per heavy atom. The Balaban J connectivity index is 1.94. The summed E-state index contributed by atoms with van der Waals surface area (Å²) in [5, 5.41) is 3.06. The molecule has 3 rings (SSSR count). The second kappa shape index (κ2) is 6.34. The zero-order valence-corrected chi connectivity index (χ0v) is 14.4. The summed E-state index contributed by atoms with van der Waals surface area (Å²) in [5.74, 6) is 1.63. The van der Waals surface area contributed by atoms with Gasteiger partial charge in [-0.05, 0) is 45.7 Å². The predicted octanol–water partition coefficient (Wildman–Crippen LogP) is 4.00. The number of benzene rings is 1. The van der Waals surface area contributed by atoms with E-state index in [-0.39, 0.29) is 11.4 Å². The normalized spacial score (nSPS) is 16.7. The van der Waals surface area contributed by atoms with E-state index < -0.39 is 0 Å². The van der Waals surface area contributed by atoms with Crippen LogP contribution >= 0.6 is 0 Å². The summed E-state index contributed by atoms with van der Waals surface area (Å²) in [4.78, 5) is 17.3. The molecule has 2 aromatic rings. The Labute approximate surface area is 138 Å².